The van der Waals surface area contributed by atoms with E-state index in [0.717, 1.165) is 16.7 Å². The van der Waals surface area contributed by atoms with Crippen LogP contribution in [-0.2, 0) is 11.2 Å². The van der Waals surface area contributed by atoms with Gasteiger partial charge in [-0.05, 0) is 55.2 Å². The van der Waals surface area contributed by atoms with Crippen LogP contribution in [0.4, 0.5) is 30.2 Å². The number of rotatable bonds is 7. The minimum Gasteiger partial charge on any atom is -0.505 e. The standard InChI is InChI=1S/C31H26F3N3O2/c1-20-7-4-9-22(19-20)24-11-5-12-26(29(24)38)35-36-28-25-10-2-3-13-27(25)37(30(28)39)23-16-14-21(15-17-23)8-6-18-31(32,33)34/h2-5,7,9-17,19,35,38H,6,8,18H2,1H3/b36-28-. The van der Waals surface area contributed by atoms with Crippen molar-refractivity contribution in [1.29, 1.82) is 0 Å². The van der Waals surface area contributed by atoms with E-state index < -0.39 is 12.6 Å². The first kappa shape index (κ1) is 26.0. The van der Waals surface area contributed by atoms with Crippen LogP contribution in [0.15, 0.2) is 96.1 Å². The molecule has 4 aromatic carbocycles. The number of hydrogen-bond acceptors (Lipinski definition) is 4. The first-order chi connectivity index (χ1) is 18.7. The Bertz CT molecular complexity index is 1550. The molecule has 0 fully saturated rings. The number of benzene rings is 4. The molecule has 4 aromatic rings. The molecule has 0 atom stereocenters. The number of phenols is 1. The topological polar surface area (TPSA) is 64.9 Å². The number of anilines is 3. The number of aromatic hydroxyl groups is 1. The summed E-state index contributed by atoms with van der Waals surface area (Å²) in [5.74, 6) is -0.341. The molecule has 1 heterocycles. The zero-order valence-corrected chi connectivity index (χ0v) is 21.2. The summed E-state index contributed by atoms with van der Waals surface area (Å²) in [5, 5.41) is 15.3. The molecule has 5 nitrogen and oxygen atoms in total. The predicted molar refractivity (Wildman–Crippen MR) is 147 cm³/mol. The number of carbonyl (C=O) groups excluding carboxylic acids is 1. The van der Waals surface area contributed by atoms with E-state index in [2.05, 4.69) is 10.5 Å². The molecule has 39 heavy (non-hydrogen) atoms. The van der Waals surface area contributed by atoms with Crippen molar-refractivity contribution in [2.24, 2.45) is 5.10 Å². The maximum atomic E-state index is 13.5. The maximum absolute atomic E-state index is 13.5. The molecular weight excluding hydrogens is 503 g/mol. The Morgan fingerprint density at radius 1 is 0.897 bits per heavy atom. The van der Waals surface area contributed by atoms with Gasteiger partial charge in [-0.1, -0.05) is 72.3 Å². The van der Waals surface area contributed by atoms with Crippen molar-refractivity contribution in [3.63, 3.8) is 0 Å². The van der Waals surface area contributed by atoms with Crippen LogP contribution in [0.3, 0.4) is 0 Å². The second kappa shape index (κ2) is 10.6. The number of alkyl halides is 3. The van der Waals surface area contributed by atoms with E-state index in [4.69, 9.17) is 0 Å². The van der Waals surface area contributed by atoms with Gasteiger partial charge in [-0.25, -0.2) is 0 Å². The first-order valence-corrected chi connectivity index (χ1v) is 12.5. The fourth-order valence-corrected chi connectivity index (χ4v) is 4.66. The Labute approximate surface area is 224 Å². The number of halogens is 3. The van der Waals surface area contributed by atoms with Gasteiger partial charge in [0.05, 0.1) is 11.4 Å². The van der Waals surface area contributed by atoms with E-state index in [0.29, 0.717) is 34.6 Å². The summed E-state index contributed by atoms with van der Waals surface area (Å²) in [6, 6.07) is 27.2. The smallest absolute Gasteiger partial charge is 0.389 e. The average molecular weight is 530 g/mol. The van der Waals surface area contributed by atoms with Gasteiger partial charge < -0.3 is 5.11 Å². The van der Waals surface area contributed by atoms with Gasteiger partial charge in [-0.15, -0.1) is 0 Å². The second-order valence-electron chi connectivity index (χ2n) is 9.44. The molecule has 1 amide bonds. The maximum Gasteiger partial charge on any atom is 0.389 e. The van der Waals surface area contributed by atoms with E-state index in [-0.39, 0.29) is 23.8 Å². The van der Waals surface area contributed by atoms with E-state index in [1.807, 2.05) is 55.5 Å². The van der Waals surface area contributed by atoms with E-state index in [1.165, 1.54) is 4.90 Å². The Hall–Kier alpha value is -4.59. The summed E-state index contributed by atoms with van der Waals surface area (Å²) in [6.07, 6.45) is -4.70. The zero-order chi connectivity index (χ0) is 27.6. The molecule has 0 saturated heterocycles. The quantitative estimate of drug-likeness (QED) is 0.190. The third-order valence-corrected chi connectivity index (χ3v) is 6.58. The van der Waals surface area contributed by atoms with Crippen molar-refractivity contribution in [2.75, 3.05) is 10.3 Å². The number of hydrogen-bond donors (Lipinski definition) is 2. The van der Waals surface area contributed by atoms with Gasteiger partial charge in [0.15, 0.2) is 5.71 Å². The highest BCUT2D eigenvalue weighted by molar-refractivity contribution is 6.55. The van der Waals surface area contributed by atoms with Crippen LogP contribution in [-0.4, -0.2) is 22.9 Å². The number of carbonyl (C=O) groups is 1. The van der Waals surface area contributed by atoms with E-state index >= 15 is 0 Å². The molecule has 5 rings (SSSR count). The highest BCUT2D eigenvalue weighted by Crippen LogP contribution is 2.38. The monoisotopic (exact) mass is 529 g/mol. The fraction of sp³-hybridized carbons (Fsp3) is 0.161. The summed E-state index contributed by atoms with van der Waals surface area (Å²) in [4.78, 5) is 15.1. The van der Waals surface area contributed by atoms with Crippen molar-refractivity contribution in [3.8, 4) is 16.9 Å². The van der Waals surface area contributed by atoms with Gasteiger partial charge in [-0.2, -0.15) is 18.3 Å². The van der Waals surface area contributed by atoms with Crippen LogP contribution in [0.2, 0.25) is 0 Å². The van der Waals surface area contributed by atoms with Gasteiger partial charge >= 0.3 is 6.18 Å². The Morgan fingerprint density at radius 2 is 1.62 bits per heavy atom. The lowest BCUT2D eigenvalue weighted by Crippen LogP contribution is -2.26. The Kier molecular flexibility index (Phi) is 7.11. The number of phenolic OH excluding ortho intramolecular Hbond substituents is 1. The molecule has 0 aromatic heterocycles. The Morgan fingerprint density at radius 3 is 2.36 bits per heavy atom. The molecular formula is C31H26F3N3O2. The number of fused-ring (bicyclic) bond motifs is 1. The summed E-state index contributed by atoms with van der Waals surface area (Å²) < 4.78 is 37.4. The van der Waals surface area contributed by atoms with Crippen molar-refractivity contribution in [1.82, 2.24) is 0 Å². The summed E-state index contributed by atoms with van der Waals surface area (Å²) in [5.41, 5.74) is 8.58. The summed E-state index contributed by atoms with van der Waals surface area (Å²) in [6.45, 7) is 1.98. The molecule has 1 aliphatic heterocycles. The summed E-state index contributed by atoms with van der Waals surface area (Å²) >= 11 is 0. The lowest BCUT2D eigenvalue weighted by Gasteiger charge is -2.17. The number of aryl methyl sites for hydroxylation is 2. The van der Waals surface area contributed by atoms with Crippen LogP contribution in [0.25, 0.3) is 11.1 Å². The number of amides is 1. The summed E-state index contributed by atoms with van der Waals surface area (Å²) in [7, 11) is 0. The van der Waals surface area contributed by atoms with Crippen LogP contribution in [0.5, 0.6) is 5.75 Å². The normalized spacial score (nSPS) is 14.1. The largest absolute Gasteiger partial charge is 0.505 e. The van der Waals surface area contributed by atoms with Crippen molar-refractivity contribution >= 4 is 28.7 Å². The number of para-hydroxylation sites is 2. The minimum atomic E-state index is -4.17. The minimum absolute atomic E-state index is 0.00866. The lowest BCUT2D eigenvalue weighted by molar-refractivity contribution is -0.135. The predicted octanol–water partition coefficient (Wildman–Crippen LogP) is 7.75. The van der Waals surface area contributed by atoms with Crippen molar-refractivity contribution in [2.45, 2.75) is 32.4 Å². The van der Waals surface area contributed by atoms with Crippen LogP contribution >= 0.6 is 0 Å². The number of nitrogens with one attached hydrogen (secondary N) is 1. The van der Waals surface area contributed by atoms with Crippen LogP contribution < -0.4 is 10.3 Å². The van der Waals surface area contributed by atoms with Gasteiger partial charge in [0.25, 0.3) is 5.91 Å². The van der Waals surface area contributed by atoms with Crippen LogP contribution in [0.1, 0.15) is 29.5 Å². The van der Waals surface area contributed by atoms with Crippen molar-refractivity contribution in [3.05, 3.63) is 108 Å². The number of hydrazone groups is 1. The van der Waals surface area contributed by atoms with E-state index in [1.54, 1.807) is 42.5 Å². The molecule has 0 aliphatic carbocycles. The molecule has 2 N–H and O–H groups in total. The molecule has 0 saturated carbocycles. The third kappa shape index (κ3) is 5.65. The second-order valence-corrected chi connectivity index (χ2v) is 9.44. The third-order valence-electron chi connectivity index (χ3n) is 6.58. The highest BCUT2D eigenvalue weighted by atomic mass is 19.4. The van der Waals surface area contributed by atoms with Gasteiger partial charge in [0.2, 0.25) is 0 Å². The lowest BCUT2D eigenvalue weighted by atomic mass is 10.0. The van der Waals surface area contributed by atoms with E-state index in [9.17, 15) is 23.1 Å². The molecule has 0 unspecified atom stereocenters. The van der Waals surface area contributed by atoms with Gasteiger partial charge in [-0.3, -0.25) is 15.1 Å². The molecule has 0 bridgehead atoms. The van der Waals surface area contributed by atoms with Gasteiger partial charge in [0.1, 0.15) is 5.75 Å². The zero-order valence-electron chi connectivity index (χ0n) is 21.2. The molecule has 1 aliphatic rings. The highest BCUT2D eigenvalue weighted by Gasteiger charge is 2.35. The fourth-order valence-electron chi connectivity index (χ4n) is 4.66. The van der Waals surface area contributed by atoms with Crippen molar-refractivity contribution < 1.29 is 23.1 Å². The Balaban J connectivity index is 1.39. The molecule has 0 spiro atoms. The average Bonchev–Trinajstić information content (AvgIpc) is 3.19. The SMILES string of the molecule is Cc1cccc(-c2cccc(N/N=C3\C(=O)N(c4ccc(CCCC(F)(F)F)cc4)c4ccccc43)c2O)c1. The van der Waals surface area contributed by atoms with Gasteiger partial charge in [0, 0.05) is 23.2 Å². The first-order valence-electron chi connectivity index (χ1n) is 12.5. The number of nitrogens with zero attached hydrogens (tertiary/aromatic N) is 2. The van der Waals surface area contributed by atoms with Crippen LogP contribution in [0, 0.1) is 6.92 Å². The molecule has 198 valence electrons. The molecule has 8 heteroatoms. The molecule has 0 radical (unpaired) electrons.